The molecule has 0 unspecified atom stereocenters. The normalized spacial score (nSPS) is 9.33. The van der Waals surface area contributed by atoms with Crippen LogP contribution in [0, 0.1) is 23.2 Å². The van der Waals surface area contributed by atoms with Gasteiger partial charge in [-0.25, -0.2) is 0 Å². The Bertz CT molecular complexity index is 747. The first-order valence-corrected chi connectivity index (χ1v) is 7.01. The maximum absolute atomic E-state index is 12.0. The van der Waals surface area contributed by atoms with E-state index in [1.807, 2.05) is 18.2 Å². The molecule has 0 aliphatic carbocycles. The van der Waals surface area contributed by atoms with Gasteiger partial charge in [0.1, 0.15) is 6.61 Å². The van der Waals surface area contributed by atoms with E-state index in [0.717, 1.165) is 9.75 Å². The lowest BCUT2D eigenvalue weighted by Gasteiger charge is -2.03. The van der Waals surface area contributed by atoms with Crippen molar-refractivity contribution in [3.8, 4) is 17.9 Å². The van der Waals surface area contributed by atoms with Gasteiger partial charge in [-0.3, -0.25) is 4.79 Å². The standard InChI is InChI=1S/C16H12N2O2S/c17-10-12-3-1-4-13(9-12)16(20)18-11-15-7-6-14(21-15)5-2-8-19/h1,3-4,6-7,9,19H,8,11H2,(H,18,20). The molecule has 1 heterocycles. The fourth-order valence-corrected chi connectivity index (χ4v) is 2.49. The topological polar surface area (TPSA) is 73.1 Å². The second-order valence-electron chi connectivity index (χ2n) is 4.10. The van der Waals surface area contributed by atoms with Crippen molar-refractivity contribution in [2.75, 3.05) is 6.61 Å². The molecule has 21 heavy (non-hydrogen) atoms. The van der Waals surface area contributed by atoms with E-state index >= 15 is 0 Å². The van der Waals surface area contributed by atoms with Crippen molar-refractivity contribution in [2.24, 2.45) is 0 Å². The number of thiophene rings is 1. The lowest BCUT2D eigenvalue weighted by atomic mass is 10.1. The largest absolute Gasteiger partial charge is 0.384 e. The van der Waals surface area contributed by atoms with Crippen molar-refractivity contribution in [1.82, 2.24) is 5.32 Å². The minimum absolute atomic E-state index is 0.167. The second kappa shape index (κ2) is 7.25. The Morgan fingerprint density at radius 3 is 2.95 bits per heavy atom. The number of rotatable bonds is 3. The van der Waals surface area contributed by atoms with E-state index in [1.165, 1.54) is 11.3 Å². The number of amides is 1. The average molecular weight is 296 g/mol. The summed E-state index contributed by atoms with van der Waals surface area (Å²) < 4.78 is 0. The number of nitrogens with zero attached hydrogens (tertiary/aromatic N) is 1. The van der Waals surface area contributed by atoms with Crippen molar-refractivity contribution >= 4 is 17.2 Å². The summed E-state index contributed by atoms with van der Waals surface area (Å²) >= 11 is 1.47. The first kappa shape index (κ1) is 14.8. The molecule has 1 aromatic heterocycles. The molecule has 1 aromatic carbocycles. The number of benzene rings is 1. The Balaban J connectivity index is 1.97. The Labute approximate surface area is 126 Å². The summed E-state index contributed by atoms with van der Waals surface area (Å²) in [7, 11) is 0. The number of hydrogen-bond acceptors (Lipinski definition) is 4. The van der Waals surface area contributed by atoms with E-state index in [-0.39, 0.29) is 12.5 Å². The highest BCUT2D eigenvalue weighted by Gasteiger charge is 2.06. The Morgan fingerprint density at radius 1 is 1.33 bits per heavy atom. The number of carbonyl (C=O) groups is 1. The molecule has 0 saturated heterocycles. The monoisotopic (exact) mass is 296 g/mol. The molecule has 0 bridgehead atoms. The third kappa shape index (κ3) is 4.19. The Hall–Kier alpha value is -2.60. The predicted octanol–water partition coefficient (Wildman–Crippen LogP) is 1.89. The van der Waals surface area contributed by atoms with Crippen LogP contribution in [-0.4, -0.2) is 17.6 Å². The van der Waals surface area contributed by atoms with E-state index in [4.69, 9.17) is 10.4 Å². The second-order valence-corrected chi connectivity index (χ2v) is 5.27. The molecule has 4 nitrogen and oxygen atoms in total. The summed E-state index contributed by atoms with van der Waals surface area (Å²) in [6.07, 6.45) is 0. The molecular weight excluding hydrogens is 284 g/mol. The molecule has 2 N–H and O–H groups in total. The van der Waals surface area contributed by atoms with Gasteiger partial charge in [-0.15, -0.1) is 11.3 Å². The molecule has 0 saturated carbocycles. The highest BCUT2D eigenvalue weighted by atomic mass is 32.1. The Morgan fingerprint density at radius 2 is 2.19 bits per heavy atom. The van der Waals surface area contributed by atoms with Gasteiger partial charge in [0, 0.05) is 10.4 Å². The average Bonchev–Trinajstić information content (AvgIpc) is 2.98. The number of nitriles is 1. The Kier molecular flexibility index (Phi) is 5.11. The van der Waals surface area contributed by atoms with Gasteiger partial charge in [0.25, 0.3) is 5.91 Å². The van der Waals surface area contributed by atoms with Crippen LogP contribution >= 0.6 is 11.3 Å². The first-order chi connectivity index (χ1) is 10.2. The smallest absolute Gasteiger partial charge is 0.251 e. The van der Waals surface area contributed by atoms with Gasteiger partial charge in [0.2, 0.25) is 0 Å². The molecule has 104 valence electrons. The van der Waals surface area contributed by atoms with Gasteiger partial charge in [0.05, 0.1) is 23.1 Å². The molecule has 2 aromatic rings. The van der Waals surface area contributed by atoms with Crippen LogP contribution in [0.25, 0.3) is 0 Å². The van der Waals surface area contributed by atoms with Gasteiger partial charge in [-0.1, -0.05) is 17.9 Å². The van der Waals surface area contributed by atoms with Crippen LogP contribution in [0.4, 0.5) is 0 Å². The maximum atomic E-state index is 12.0. The number of aliphatic hydroxyl groups excluding tert-OH is 1. The van der Waals surface area contributed by atoms with Crippen LogP contribution < -0.4 is 5.32 Å². The van der Waals surface area contributed by atoms with Crippen LogP contribution in [0.15, 0.2) is 36.4 Å². The molecule has 0 aliphatic rings. The molecular formula is C16H12N2O2S. The van der Waals surface area contributed by atoms with Crippen molar-refractivity contribution in [3.63, 3.8) is 0 Å². The van der Waals surface area contributed by atoms with E-state index < -0.39 is 0 Å². The molecule has 0 aliphatic heterocycles. The lowest BCUT2D eigenvalue weighted by Crippen LogP contribution is -2.22. The minimum Gasteiger partial charge on any atom is -0.384 e. The van der Waals surface area contributed by atoms with Crippen LogP contribution in [0.2, 0.25) is 0 Å². The summed E-state index contributed by atoms with van der Waals surface area (Å²) in [5.41, 5.74) is 0.922. The van der Waals surface area contributed by atoms with Gasteiger partial charge >= 0.3 is 0 Å². The molecule has 0 radical (unpaired) electrons. The van der Waals surface area contributed by atoms with E-state index in [1.54, 1.807) is 24.3 Å². The summed E-state index contributed by atoms with van der Waals surface area (Å²) in [5.74, 6) is 5.18. The fraction of sp³-hybridized carbons (Fsp3) is 0.125. The zero-order valence-corrected chi connectivity index (χ0v) is 11.9. The van der Waals surface area contributed by atoms with Crippen molar-refractivity contribution in [1.29, 1.82) is 5.26 Å². The molecule has 5 heteroatoms. The van der Waals surface area contributed by atoms with E-state index in [9.17, 15) is 4.79 Å². The van der Waals surface area contributed by atoms with Crippen LogP contribution in [0.5, 0.6) is 0 Å². The summed E-state index contributed by atoms with van der Waals surface area (Å²) in [6, 6.07) is 12.3. The lowest BCUT2D eigenvalue weighted by molar-refractivity contribution is 0.0951. The van der Waals surface area contributed by atoms with Crippen molar-refractivity contribution in [3.05, 3.63) is 57.3 Å². The minimum atomic E-state index is -0.219. The summed E-state index contributed by atoms with van der Waals surface area (Å²) in [5, 5.41) is 20.2. The third-order valence-electron chi connectivity index (χ3n) is 2.63. The van der Waals surface area contributed by atoms with Crippen LogP contribution in [0.3, 0.4) is 0 Å². The molecule has 0 fully saturated rings. The van der Waals surface area contributed by atoms with Crippen molar-refractivity contribution in [2.45, 2.75) is 6.54 Å². The fourth-order valence-electron chi connectivity index (χ4n) is 1.67. The number of carbonyl (C=O) groups excluding carboxylic acids is 1. The van der Waals surface area contributed by atoms with E-state index in [0.29, 0.717) is 17.7 Å². The zero-order valence-electron chi connectivity index (χ0n) is 11.1. The molecule has 0 atom stereocenters. The molecule has 1 amide bonds. The van der Waals surface area contributed by atoms with Crippen LogP contribution in [-0.2, 0) is 6.54 Å². The summed E-state index contributed by atoms with van der Waals surface area (Å²) in [6.45, 7) is 0.236. The molecule has 2 rings (SSSR count). The van der Waals surface area contributed by atoms with Gasteiger partial charge < -0.3 is 10.4 Å². The number of nitrogens with one attached hydrogen (secondary N) is 1. The van der Waals surface area contributed by atoms with Gasteiger partial charge in [0.15, 0.2) is 0 Å². The van der Waals surface area contributed by atoms with Crippen molar-refractivity contribution < 1.29 is 9.90 Å². The van der Waals surface area contributed by atoms with Gasteiger partial charge in [-0.05, 0) is 30.3 Å². The highest BCUT2D eigenvalue weighted by molar-refractivity contribution is 7.12. The maximum Gasteiger partial charge on any atom is 0.251 e. The van der Waals surface area contributed by atoms with E-state index in [2.05, 4.69) is 17.2 Å². The summed E-state index contributed by atoms with van der Waals surface area (Å²) in [4.78, 5) is 13.8. The van der Waals surface area contributed by atoms with Crippen LogP contribution in [0.1, 0.15) is 25.7 Å². The first-order valence-electron chi connectivity index (χ1n) is 6.19. The third-order valence-corrected chi connectivity index (χ3v) is 3.63. The number of hydrogen-bond donors (Lipinski definition) is 2. The zero-order chi connectivity index (χ0) is 15.1. The SMILES string of the molecule is N#Cc1cccc(C(=O)NCc2ccc(C#CCO)s2)c1. The molecule has 0 spiro atoms. The van der Waals surface area contributed by atoms with Gasteiger partial charge in [-0.2, -0.15) is 5.26 Å². The number of aliphatic hydroxyl groups is 1. The predicted molar refractivity (Wildman–Crippen MR) is 80.6 cm³/mol. The highest BCUT2D eigenvalue weighted by Crippen LogP contribution is 2.15. The quantitative estimate of drug-likeness (QED) is 0.850.